The van der Waals surface area contributed by atoms with Crippen molar-refractivity contribution >= 4 is 22.7 Å². The largest absolute Gasteiger partial charge is 0.481 e. The van der Waals surface area contributed by atoms with E-state index in [1.165, 1.54) is 0 Å². The Labute approximate surface area is 79.0 Å². The highest BCUT2D eigenvalue weighted by molar-refractivity contribution is 7.86. The van der Waals surface area contributed by atoms with Gasteiger partial charge in [0.1, 0.15) is 11.5 Å². The molecule has 0 saturated heterocycles. The van der Waals surface area contributed by atoms with E-state index >= 15 is 0 Å². The summed E-state index contributed by atoms with van der Waals surface area (Å²) in [5.41, 5.74) is 0. The monoisotopic (exact) mass is 207 g/mol. The molecule has 1 unspecified atom stereocenters. The lowest BCUT2D eigenvalue weighted by molar-refractivity contribution is -0.133. The van der Waals surface area contributed by atoms with Gasteiger partial charge in [0, 0.05) is 16.8 Å². The molecule has 1 atom stereocenters. The van der Waals surface area contributed by atoms with Crippen LogP contribution >= 0.6 is 0 Å². The van der Waals surface area contributed by atoms with Gasteiger partial charge in [-0.25, -0.2) is 0 Å². The van der Waals surface area contributed by atoms with E-state index in [0.717, 1.165) is 0 Å². The SMILES string of the molecule is CC(C)NC(=O)CS(=O)CC(=O)O. The topological polar surface area (TPSA) is 83.5 Å². The molecule has 0 aliphatic carbocycles. The molecule has 0 aromatic rings. The number of carboxylic acid groups (broad SMARTS) is 1. The summed E-state index contributed by atoms with van der Waals surface area (Å²) in [6.45, 7) is 3.55. The van der Waals surface area contributed by atoms with E-state index in [0.29, 0.717) is 0 Å². The molecule has 0 spiro atoms. The predicted molar refractivity (Wildman–Crippen MR) is 48.8 cm³/mol. The summed E-state index contributed by atoms with van der Waals surface area (Å²) in [6.07, 6.45) is 0. The molecule has 5 nitrogen and oxygen atoms in total. The Hall–Kier alpha value is -0.910. The molecule has 6 heteroatoms. The highest BCUT2D eigenvalue weighted by Gasteiger charge is 2.11. The number of rotatable bonds is 5. The van der Waals surface area contributed by atoms with Crippen LogP contribution in [0.15, 0.2) is 0 Å². The van der Waals surface area contributed by atoms with Crippen LogP contribution in [0.1, 0.15) is 13.8 Å². The van der Waals surface area contributed by atoms with Crippen molar-refractivity contribution in [3.8, 4) is 0 Å². The Bertz CT molecular complexity index is 227. The average molecular weight is 207 g/mol. The van der Waals surface area contributed by atoms with Crippen LogP contribution in [0, 0.1) is 0 Å². The Balaban J connectivity index is 3.79. The molecule has 0 aliphatic heterocycles. The molecule has 0 aliphatic rings. The van der Waals surface area contributed by atoms with Crippen LogP contribution in [-0.2, 0) is 20.4 Å². The first-order chi connectivity index (χ1) is 5.91. The number of hydrogen-bond donors (Lipinski definition) is 2. The average Bonchev–Trinajstić information content (AvgIpc) is 1.80. The van der Waals surface area contributed by atoms with Crippen LogP contribution in [0.4, 0.5) is 0 Å². The molecule has 0 aromatic carbocycles. The maximum Gasteiger partial charge on any atom is 0.316 e. The van der Waals surface area contributed by atoms with Gasteiger partial charge in [-0.05, 0) is 13.8 Å². The van der Waals surface area contributed by atoms with Crippen molar-refractivity contribution in [2.24, 2.45) is 0 Å². The molecule has 1 amide bonds. The van der Waals surface area contributed by atoms with Crippen molar-refractivity contribution in [1.82, 2.24) is 5.32 Å². The number of carboxylic acids is 1. The van der Waals surface area contributed by atoms with E-state index in [4.69, 9.17) is 5.11 Å². The van der Waals surface area contributed by atoms with Crippen LogP contribution in [0.2, 0.25) is 0 Å². The molecular formula is C7H13NO4S. The van der Waals surface area contributed by atoms with Crippen LogP contribution in [0.3, 0.4) is 0 Å². The summed E-state index contributed by atoms with van der Waals surface area (Å²) >= 11 is 0. The maximum atomic E-state index is 10.9. The second kappa shape index (κ2) is 5.69. The zero-order chi connectivity index (χ0) is 10.4. The van der Waals surface area contributed by atoms with E-state index in [-0.39, 0.29) is 17.7 Å². The van der Waals surface area contributed by atoms with Crippen LogP contribution < -0.4 is 5.32 Å². The fourth-order valence-corrected chi connectivity index (χ4v) is 1.45. The summed E-state index contributed by atoms with van der Waals surface area (Å²) in [4.78, 5) is 21.0. The molecule has 0 bridgehead atoms. The van der Waals surface area contributed by atoms with Crippen molar-refractivity contribution in [1.29, 1.82) is 0 Å². The number of hydrogen-bond acceptors (Lipinski definition) is 3. The Morgan fingerprint density at radius 3 is 2.31 bits per heavy atom. The van der Waals surface area contributed by atoms with Crippen LogP contribution in [0.5, 0.6) is 0 Å². The molecule has 0 radical (unpaired) electrons. The molecule has 0 heterocycles. The Morgan fingerprint density at radius 1 is 1.38 bits per heavy atom. The first-order valence-electron chi connectivity index (χ1n) is 3.78. The van der Waals surface area contributed by atoms with Gasteiger partial charge in [-0.15, -0.1) is 0 Å². The maximum absolute atomic E-state index is 10.9. The van der Waals surface area contributed by atoms with Gasteiger partial charge in [0.15, 0.2) is 0 Å². The highest BCUT2D eigenvalue weighted by Crippen LogP contribution is 1.85. The van der Waals surface area contributed by atoms with Crippen molar-refractivity contribution in [3.05, 3.63) is 0 Å². The van der Waals surface area contributed by atoms with Crippen molar-refractivity contribution < 1.29 is 18.9 Å². The molecule has 0 fully saturated rings. The third-order valence-electron chi connectivity index (χ3n) is 1.03. The highest BCUT2D eigenvalue weighted by atomic mass is 32.2. The van der Waals surface area contributed by atoms with Gasteiger partial charge < -0.3 is 10.4 Å². The lowest BCUT2D eigenvalue weighted by Crippen LogP contribution is -2.34. The number of nitrogens with one attached hydrogen (secondary N) is 1. The van der Waals surface area contributed by atoms with E-state index < -0.39 is 22.5 Å². The van der Waals surface area contributed by atoms with Crippen molar-refractivity contribution in [3.63, 3.8) is 0 Å². The minimum atomic E-state index is -1.61. The molecule has 76 valence electrons. The van der Waals surface area contributed by atoms with Gasteiger partial charge >= 0.3 is 5.97 Å². The van der Waals surface area contributed by atoms with E-state index in [9.17, 15) is 13.8 Å². The standard InChI is InChI=1S/C7H13NO4S/c1-5(2)8-6(9)3-13(12)4-7(10)11/h5H,3-4H2,1-2H3,(H,8,9)(H,10,11). The van der Waals surface area contributed by atoms with E-state index in [1.807, 2.05) is 0 Å². The lowest BCUT2D eigenvalue weighted by Gasteiger charge is -2.06. The van der Waals surface area contributed by atoms with E-state index in [2.05, 4.69) is 5.32 Å². The van der Waals surface area contributed by atoms with Gasteiger partial charge in [-0.3, -0.25) is 13.8 Å². The second-order valence-corrected chi connectivity index (χ2v) is 4.30. The Kier molecular flexibility index (Phi) is 5.29. The molecule has 0 rings (SSSR count). The van der Waals surface area contributed by atoms with Crippen molar-refractivity contribution in [2.75, 3.05) is 11.5 Å². The normalized spacial score (nSPS) is 12.5. The fraction of sp³-hybridized carbons (Fsp3) is 0.714. The first-order valence-corrected chi connectivity index (χ1v) is 5.26. The number of amides is 1. The molecule has 13 heavy (non-hydrogen) atoms. The zero-order valence-corrected chi connectivity index (χ0v) is 8.39. The summed E-state index contributed by atoms with van der Waals surface area (Å²) in [5, 5.41) is 10.8. The third kappa shape index (κ3) is 7.45. The van der Waals surface area contributed by atoms with Crippen LogP contribution in [0.25, 0.3) is 0 Å². The quantitative estimate of drug-likeness (QED) is 0.627. The van der Waals surface area contributed by atoms with Crippen molar-refractivity contribution in [2.45, 2.75) is 19.9 Å². The second-order valence-electron chi connectivity index (χ2n) is 2.84. The molecule has 0 saturated carbocycles. The van der Waals surface area contributed by atoms with Gasteiger partial charge in [-0.2, -0.15) is 0 Å². The molecular weight excluding hydrogens is 194 g/mol. The summed E-state index contributed by atoms with van der Waals surface area (Å²) < 4.78 is 10.9. The minimum Gasteiger partial charge on any atom is -0.481 e. The summed E-state index contributed by atoms with van der Waals surface area (Å²) in [7, 11) is -1.61. The fourth-order valence-electron chi connectivity index (χ4n) is 0.699. The lowest BCUT2D eigenvalue weighted by atomic mass is 10.4. The third-order valence-corrected chi connectivity index (χ3v) is 2.18. The minimum absolute atomic E-state index is 0.0191. The van der Waals surface area contributed by atoms with Crippen LogP contribution in [-0.4, -0.2) is 38.7 Å². The smallest absolute Gasteiger partial charge is 0.316 e. The predicted octanol–water partition coefficient (Wildman–Crippen LogP) is -0.656. The van der Waals surface area contributed by atoms with E-state index in [1.54, 1.807) is 13.8 Å². The first kappa shape index (κ1) is 12.1. The number of carbonyl (C=O) groups excluding carboxylic acids is 1. The molecule has 0 aromatic heterocycles. The Morgan fingerprint density at radius 2 is 1.92 bits per heavy atom. The van der Waals surface area contributed by atoms with Gasteiger partial charge in [-0.1, -0.05) is 0 Å². The summed E-state index contributed by atoms with van der Waals surface area (Å²) in [6, 6.07) is -0.0191. The van der Waals surface area contributed by atoms with Gasteiger partial charge in [0.25, 0.3) is 0 Å². The summed E-state index contributed by atoms with van der Waals surface area (Å²) in [5.74, 6) is -2.26. The molecule has 2 N–H and O–H groups in total. The zero-order valence-electron chi connectivity index (χ0n) is 7.57. The number of carbonyl (C=O) groups is 2. The number of aliphatic carboxylic acids is 1. The van der Waals surface area contributed by atoms with Gasteiger partial charge in [0.05, 0.1) is 0 Å². The van der Waals surface area contributed by atoms with Gasteiger partial charge in [0.2, 0.25) is 5.91 Å².